The van der Waals surface area contributed by atoms with Crippen molar-refractivity contribution < 1.29 is 4.79 Å². The van der Waals surface area contributed by atoms with Crippen molar-refractivity contribution in [1.29, 1.82) is 0 Å². The van der Waals surface area contributed by atoms with Crippen molar-refractivity contribution >= 4 is 32.7 Å². The SMILES string of the molecule is CC1CCN(C(=O)c2cc(=O)[nH]c3c(Br)cccc23)C(CN)C1. The fourth-order valence-corrected chi connectivity index (χ4v) is 3.78. The maximum absolute atomic E-state index is 13.1. The third kappa shape index (κ3) is 3.05. The van der Waals surface area contributed by atoms with E-state index in [1.54, 1.807) is 0 Å². The number of H-pyrrole nitrogens is 1. The Bertz CT molecular complexity index is 802. The van der Waals surface area contributed by atoms with Gasteiger partial charge in [-0.2, -0.15) is 0 Å². The first-order chi connectivity index (χ1) is 11.0. The molecular weight excluding hydrogens is 358 g/mol. The minimum absolute atomic E-state index is 0.0349. The highest BCUT2D eigenvalue weighted by molar-refractivity contribution is 9.10. The number of para-hydroxylation sites is 1. The number of piperidine rings is 1. The van der Waals surface area contributed by atoms with Crippen LogP contribution < -0.4 is 11.3 Å². The van der Waals surface area contributed by atoms with Gasteiger partial charge in [-0.1, -0.05) is 19.1 Å². The highest BCUT2D eigenvalue weighted by Gasteiger charge is 2.30. The van der Waals surface area contributed by atoms with E-state index in [1.165, 1.54) is 6.07 Å². The minimum Gasteiger partial charge on any atom is -0.334 e. The first-order valence-corrected chi connectivity index (χ1v) is 8.63. The van der Waals surface area contributed by atoms with Gasteiger partial charge < -0.3 is 15.6 Å². The van der Waals surface area contributed by atoms with Crippen LogP contribution in [-0.2, 0) is 0 Å². The lowest BCUT2D eigenvalue weighted by Crippen LogP contribution is -2.49. The number of fused-ring (bicyclic) bond motifs is 1. The van der Waals surface area contributed by atoms with E-state index in [0.29, 0.717) is 30.1 Å². The molecule has 6 heteroatoms. The number of aromatic amines is 1. The molecule has 1 aliphatic heterocycles. The molecule has 0 bridgehead atoms. The Morgan fingerprint density at radius 1 is 1.48 bits per heavy atom. The summed E-state index contributed by atoms with van der Waals surface area (Å²) >= 11 is 3.43. The summed E-state index contributed by atoms with van der Waals surface area (Å²) in [5.74, 6) is 0.458. The molecule has 0 saturated carbocycles. The number of likely N-dealkylation sites (tertiary alicyclic amines) is 1. The molecule has 23 heavy (non-hydrogen) atoms. The van der Waals surface area contributed by atoms with Crippen LogP contribution in [0.3, 0.4) is 0 Å². The number of nitrogens with one attached hydrogen (secondary N) is 1. The zero-order valence-corrected chi connectivity index (χ0v) is 14.6. The van der Waals surface area contributed by atoms with Gasteiger partial charge in [0.2, 0.25) is 5.56 Å². The third-order valence-corrected chi connectivity index (χ3v) is 5.23. The summed E-state index contributed by atoms with van der Waals surface area (Å²) in [6.07, 6.45) is 1.88. The monoisotopic (exact) mass is 377 g/mol. The van der Waals surface area contributed by atoms with E-state index in [1.807, 2.05) is 23.1 Å². The lowest BCUT2D eigenvalue weighted by Gasteiger charge is -2.38. The fourth-order valence-electron chi connectivity index (χ4n) is 3.32. The van der Waals surface area contributed by atoms with E-state index in [9.17, 15) is 9.59 Å². The zero-order valence-electron chi connectivity index (χ0n) is 13.0. The van der Waals surface area contributed by atoms with Crippen molar-refractivity contribution in [1.82, 2.24) is 9.88 Å². The number of hydrogen-bond donors (Lipinski definition) is 2. The normalized spacial score (nSPS) is 21.6. The van der Waals surface area contributed by atoms with Gasteiger partial charge in [-0.05, 0) is 40.8 Å². The number of carbonyl (C=O) groups excluding carboxylic acids is 1. The van der Waals surface area contributed by atoms with E-state index in [4.69, 9.17) is 5.73 Å². The number of aromatic nitrogens is 1. The van der Waals surface area contributed by atoms with Gasteiger partial charge in [0.1, 0.15) is 0 Å². The van der Waals surface area contributed by atoms with E-state index >= 15 is 0 Å². The van der Waals surface area contributed by atoms with Gasteiger partial charge in [0.25, 0.3) is 5.91 Å². The zero-order chi connectivity index (χ0) is 16.6. The largest absolute Gasteiger partial charge is 0.334 e. The molecule has 1 aliphatic rings. The highest BCUT2D eigenvalue weighted by atomic mass is 79.9. The van der Waals surface area contributed by atoms with E-state index in [2.05, 4.69) is 27.8 Å². The number of nitrogens with two attached hydrogens (primary N) is 1. The number of carbonyl (C=O) groups is 1. The maximum Gasteiger partial charge on any atom is 0.255 e. The van der Waals surface area contributed by atoms with Crippen LogP contribution in [0.2, 0.25) is 0 Å². The lowest BCUT2D eigenvalue weighted by molar-refractivity contribution is 0.0575. The molecule has 1 fully saturated rings. The quantitative estimate of drug-likeness (QED) is 0.843. The predicted octanol–water partition coefficient (Wildman–Crippen LogP) is 2.49. The Labute approximate surface area is 143 Å². The van der Waals surface area contributed by atoms with E-state index in [0.717, 1.165) is 22.7 Å². The summed E-state index contributed by atoms with van der Waals surface area (Å²) in [5, 5.41) is 0.748. The Balaban J connectivity index is 2.07. The van der Waals surface area contributed by atoms with Gasteiger partial charge in [-0.3, -0.25) is 9.59 Å². The average molecular weight is 378 g/mol. The molecular formula is C17H20BrN3O2. The van der Waals surface area contributed by atoms with Crippen LogP contribution in [0.4, 0.5) is 0 Å². The molecule has 2 aromatic rings. The molecule has 0 radical (unpaired) electrons. The van der Waals surface area contributed by atoms with Crippen LogP contribution in [0.1, 0.15) is 30.1 Å². The number of hydrogen-bond acceptors (Lipinski definition) is 3. The van der Waals surface area contributed by atoms with Crippen LogP contribution in [-0.4, -0.2) is 34.9 Å². The van der Waals surface area contributed by atoms with Crippen molar-refractivity contribution in [2.45, 2.75) is 25.8 Å². The molecule has 2 atom stereocenters. The summed E-state index contributed by atoms with van der Waals surface area (Å²) in [6.45, 7) is 3.31. The number of nitrogens with zero attached hydrogens (tertiary/aromatic N) is 1. The van der Waals surface area contributed by atoms with Gasteiger partial charge in [0.05, 0.1) is 11.1 Å². The average Bonchev–Trinajstić information content (AvgIpc) is 2.54. The molecule has 1 saturated heterocycles. The molecule has 1 amide bonds. The summed E-state index contributed by atoms with van der Waals surface area (Å²) in [6, 6.07) is 6.99. The maximum atomic E-state index is 13.1. The van der Waals surface area contributed by atoms with Gasteiger partial charge in [-0.25, -0.2) is 0 Å². The standard InChI is InChI=1S/C17H20BrN3O2/c1-10-5-6-21(11(7-10)9-19)17(23)13-8-15(22)20-16-12(13)3-2-4-14(16)18/h2-4,8,10-11H,5-7,9,19H2,1H3,(H,20,22). The van der Waals surface area contributed by atoms with Crippen LogP contribution >= 0.6 is 15.9 Å². The molecule has 2 heterocycles. The molecule has 5 nitrogen and oxygen atoms in total. The Hall–Kier alpha value is -1.66. The third-order valence-electron chi connectivity index (χ3n) is 4.57. The van der Waals surface area contributed by atoms with Crippen molar-refractivity contribution in [3.63, 3.8) is 0 Å². The number of rotatable bonds is 2. The molecule has 1 aromatic carbocycles. The fraction of sp³-hybridized carbons (Fsp3) is 0.412. The number of benzene rings is 1. The van der Waals surface area contributed by atoms with E-state index in [-0.39, 0.29) is 17.5 Å². The molecule has 122 valence electrons. The Morgan fingerprint density at radius 2 is 2.26 bits per heavy atom. The van der Waals surface area contributed by atoms with Crippen LogP contribution in [0.15, 0.2) is 33.5 Å². The Kier molecular flexibility index (Phi) is 4.55. The van der Waals surface area contributed by atoms with Gasteiger partial charge in [-0.15, -0.1) is 0 Å². The van der Waals surface area contributed by atoms with Crippen LogP contribution in [0.5, 0.6) is 0 Å². The van der Waals surface area contributed by atoms with Crippen molar-refractivity contribution in [3.8, 4) is 0 Å². The first-order valence-electron chi connectivity index (χ1n) is 7.84. The minimum atomic E-state index is -0.276. The predicted molar refractivity (Wildman–Crippen MR) is 94.5 cm³/mol. The lowest BCUT2D eigenvalue weighted by atomic mass is 9.91. The van der Waals surface area contributed by atoms with E-state index < -0.39 is 0 Å². The highest BCUT2D eigenvalue weighted by Crippen LogP contribution is 2.27. The van der Waals surface area contributed by atoms with Gasteiger partial charge >= 0.3 is 0 Å². The number of amides is 1. The summed E-state index contributed by atoms with van der Waals surface area (Å²) < 4.78 is 0.768. The molecule has 3 N–H and O–H groups in total. The van der Waals surface area contributed by atoms with Crippen molar-refractivity contribution in [3.05, 3.63) is 44.7 Å². The molecule has 3 rings (SSSR count). The van der Waals surface area contributed by atoms with Crippen molar-refractivity contribution in [2.75, 3.05) is 13.1 Å². The van der Waals surface area contributed by atoms with Gasteiger partial charge in [0, 0.05) is 35.1 Å². The summed E-state index contributed by atoms with van der Waals surface area (Å²) in [4.78, 5) is 29.6. The Morgan fingerprint density at radius 3 is 3.00 bits per heavy atom. The van der Waals surface area contributed by atoms with Crippen LogP contribution in [0, 0.1) is 5.92 Å². The first kappa shape index (κ1) is 16.2. The van der Waals surface area contributed by atoms with Crippen LogP contribution in [0.25, 0.3) is 10.9 Å². The second kappa shape index (κ2) is 6.45. The second-order valence-electron chi connectivity index (χ2n) is 6.23. The molecule has 2 unspecified atom stereocenters. The molecule has 1 aromatic heterocycles. The molecule has 0 spiro atoms. The topological polar surface area (TPSA) is 79.2 Å². The molecule has 0 aliphatic carbocycles. The number of pyridine rings is 1. The second-order valence-corrected chi connectivity index (χ2v) is 7.08. The number of halogens is 1. The van der Waals surface area contributed by atoms with Crippen molar-refractivity contribution in [2.24, 2.45) is 11.7 Å². The summed E-state index contributed by atoms with van der Waals surface area (Å²) in [5.41, 5.74) is 6.69. The van der Waals surface area contributed by atoms with Gasteiger partial charge in [0.15, 0.2) is 0 Å². The summed E-state index contributed by atoms with van der Waals surface area (Å²) in [7, 11) is 0. The smallest absolute Gasteiger partial charge is 0.255 e.